The van der Waals surface area contributed by atoms with E-state index in [0.717, 1.165) is 6.42 Å². The van der Waals surface area contributed by atoms with Crippen molar-refractivity contribution in [2.45, 2.75) is 51.7 Å². The minimum absolute atomic E-state index is 0.0638. The normalized spacial score (nSPS) is 28.6. The number of amides is 1. The van der Waals surface area contributed by atoms with E-state index in [9.17, 15) is 18.0 Å². The Balaban J connectivity index is 2.05. The molecule has 0 radical (unpaired) electrons. The summed E-state index contributed by atoms with van der Waals surface area (Å²) in [6.07, 6.45) is 1.69. The number of ether oxygens (including phenoxy) is 1. The number of hydrogen-bond acceptors (Lipinski definition) is 5. The zero-order chi connectivity index (χ0) is 15.8. The Morgan fingerprint density at radius 3 is 2.38 bits per heavy atom. The number of carbonyl (C=O) groups excluding carboxylic acids is 2. The van der Waals surface area contributed by atoms with Crippen molar-refractivity contribution in [1.82, 2.24) is 4.90 Å². The lowest BCUT2D eigenvalue weighted by atomic mass is 10.1. The molecule has 0 aromatic carbocycles. The third-order valence-electron chi connectivity index (χ3n) is 3.80. The number of rotatable bonds is 2. The van der Waals surface area contributed by atoms with E-state index >= 15 is 0 Å². The highest BCUT2D eigenvalue weighted by molar-refractivity contribution is 7.91. The molecule has 0 aliphatic carbocycles. The van der Waals surface area contributed by atoms with Crippen molar-refractivity contribution < 1.29 is 22.7 Å². The van der Waals surface area contributed by atoms with Crippen LogP contribution >= 0.6 is 0 Å². The minimum atomic E-state index is -3.10. The van der Waals surface area contributed by atoms with Crippen molar-refractivity contribution in [2.75, 3.05) is 18.1 Å². The van der Waals surface area contributed by atoms with Crippen molar-refractivity contribution in [2.24, 2.45) is 5.92 Å². The van der Waals surface area contributed by atoms with Crippen LogP contribution in [0.15, 0.2) is 0 Å². The first-order valence-corrected chi connectivity index (χ1v) is 9.15. The molecule has 2 atom stereocenters. The second kappa shape index (κ2) is 5.59. The molecule has 0 aromatic heterocycles. The smallest absolute Gasteiger partial charge is 0.329 e. The van der Waals surface area contributed by atoms with Crippen LogP contribution in [0.2, 0.25) is 0 Å². The summed E-state index contributed by atoms with van der Waals surface area (Å²) in [6.45, 7) is 5.86. The van der Waals surface area contributed by atoms with Crippen molar-refractivity contribution in [3.63, 3.8) is 0 Å². The van der Waals surface area contributed by atoms with Crippen LogP contribution in [0.4, 0.5) is 0 Å². The molecule has 0 saturated carbocycles. The maximum absolute atomic E-state index is 12.5. The van der Waals surface area contributed by atoms with Gasteiger partial charge in [-0.3, -0.25) is 4.79 Å². The van der Waals surface area contributed by atoms with Gasteiger partial charge in [-0.1, -0.05) is 0 Å². The van der Waals surface area contributed by atoms with Crippen LogP contribution in [0.1, 0.15) is 40.0 Å². The fraction of sp³-hybridized carbons (Fsp3) is 0.857. The Labute approximate surface area is 125 Å². The Kier molecular flexibility index (Phi) is 4.33. The van der Waals surface area contributed by atoms with Gasteiger partial charge in [0.25, 0.3) is 0 Å². The molecule has 21 heavy (non-hydrogen) atoms. The molecule has 6 nitrogen and oxygen atoms in total. The molecular formula is C14H23NO5S. The van der Waals surface area contributed by atoms with Gasteiger partial charge in [-0.2, -0.15) is 0 Å². The molecule has 0 N–H and O–H groups in total. The van der Waals surface area contributed by atoms with E-state index in [0.29, 0.717) is 19.4 Å². The van der Waals surface area contributed by atoms with E-state index in [1.807, 2.05) is 0 Å². The summed E-state index contributed by atoms with van der Waals surface area (Å²) < 4.78 is 28.4. The summed E-state index contributed by atoms with van der Waals surface area (Å²) in [6, 6.07) is -0.569. The highest BCUT2D eigenvalue weighted by Gasteiger charge is 2.42. The number of carbonyl (C=O) groups is 2. The molecule has 0 aromatic rings. The predicted molar refractivity (Wildman–Crippen MR) is 77.3 cm³/mol. The van der Waals surface area contributed by atoms with Crippen LogP contribution in [-0.4, -0.2) is 54.9 Å². The quantitative estimate of drug-likeness (QED) is 0.702. The van der Waals surface area contributed by atoms with E-state index in [-0.39, 0.29) is 17.4 Å². The predicted octanol–water partition coefficient (Wildman–Crippen LogP) is 0.754. The van der Waals surface area contributed by atoms with Gasteiger partial charge in [0.05, 0.1) is 17.4 Å². The Hall–Kier alpha value is -1.11. The fourth-order valence-corrected chi connectivity index (χ4v) is 4.60. The van der Waals surface area contributed by atoms with E-state index in [1.54, 1.807) is 20.8 Å². The minimum Gasteiger partial charge on any atom is -0.458 e. The molecule has 120 valence electrons. The standard InChI is InChI=1S/C14H23NO5S/c1-14(2,3)20-13(17)11-5-4-7-15(11)12(16)10-6-8-21(18,19)9-10/h10-11H,4-9H2,1-3H3/t10?,11-/m0/s1. The van der Waals surface area contributed by atoms with Crippen molar-refractivity contribution in [3.05, 3.63) is 0 Å². The lowest BCUT2D eigenvalue weighted by Gasteiger charge is -2.28. The van der Waals surface area contributed by atoms with Crippen molar-refractivity contribution >= 4 is 21.7 Å². The van der Waals surface area contributed by atoms with Gasteiger partial charge < -0.3 is 9.64 Å². The lowest BCUT2D eigenvalue weighted by Crippen LogP contribution is -2.46. The largest absolute Gasteiger partial charge is 0.458 e. The Bertz CT molecular complexity index is 534. The molecule has 0 spiro atoms. The summed E-state index contributed by atoms with van der Waals surface area (Å²) in [5, 5.41) is 0. The second-order valence-corrected chi connectivity index (χ2v) is 9.05. The zero-order valence-electron chi connectivity index (χ0n) is 12.8. The van der Waals surface area contributed by atoms with Crippen LogP contribution in [-0.2, 0) is 24.2 Å². The van der Waals surface area contributed by atoms with Gasteiger partial charge in [-0.15, -0.1) is 0 Å². The van der Waals surface area contributed by atoms with Crippen LogP contribution in [0.3, 0.4) is 0 Å². The molecule has 1 amide bonds. The Morgan fingerprint density at radius 2 is 1.86 bits per heavy atom. The number of nitrogens with zero attached hydrogens (tertiary/aromatic N) is 1. The molecule has 7 heteroatoms. The Morgan fingerprint density at radius 1 is 1.19 bits per heavy atom. The van der Waals surface area contributed by atoms with Gasteiger partial charge in [0.2, 0.25) is 5.91 Å². The highest BCUT2D eigenvalue weighted by Crippen LogP contribution is 2.27. The molecule has 2 aliphatic heterocycles. The molecule has 2 fully saturated rings. The van der Waals surface area contributed by atoms with E-state index in [4.69, 9.17) is 4.74 Å². The second-order valence-electron chi connectivity index (χ2n) is 6.82. The average Bonchev–Trinajstić information content (AvgIpc) is 2.92. The van der Waals surface area contributed by atoms with Gasteiger partial charge in [0.1, 0.15) is 11.6 Å². The summed E-state index contributed by atoms with van der Waals surface area (Å²) in [5.41, 5.74) is -0.592. The molecule has 0 bridgehead atoms. The molecule has 2 heterocycles. The SMILES string of the molecule is CC(C)(C)OC(=O)[C@@H]1CCCN1C(=O)C1CCS(=O)(=O)C1. The number of hydrogen-bond donors (Lipinski definition) is 0. The number of sulfone groups is 1. The van der Waals surface area contributed by atoms with Crippen LogP contribution in [0, 0.1) is 5.92 Å². The lowest BCUT2D eigenvalue weighted by molar-refractivity contribution is -0.163. The zero-order valence-corrected chi connectivity index (χ0v) is 13.6. The maximum atomic E-state index is 12.5. The molecule has 2 rings (SSSR count). The molecule has 2 aliphatic rings. The first-order valence-electron chi connectivity index (χ1n) is 7.33. The van der Waals surface area contributed by atoms with Gasteiger partial charge in [0, 0.05) is 6.54 Å². The monoisotopic (exact) mass is 317 g/mol. The number of esters is 1. The van der Waals surface area contributed by atoms with Crippen molar-refractivity contribution in [3.8, 4) is 0 Å². The van der Waals surface area contributed by atoms with E-state index < -0.39 is 33.4 Å². The van der Waals surface area contributed by atoms with Crippen LogP contribution in [0.5, 0.6) is 0 Å². The maximum Gasteiger partial charge on any atom is 0.329 e. The highest BCUT2D eigenvalue weighted by atomic mass is 32.2. The number of likely N-dealkylation sites (tertiary alicyclic amines) is 1. The van der Waals surface area contributed by atoms with Crippen molar-refractivity contribution in [1.29, 1.82) is 0 Å². The van der Waals surface area contributed by atoms with Gasteiger partial charge >= 0.3 is 5.97 Å². The van der Waals surface area contributed by atoms with Gasteiger partial charge in [-0.05, 0) is 40.0 Å². The molecule has 1 unspecified atom stereocenters. The van der Waals surface area contributed by atoms with E-state index in [2.05, 4.69) is 0 Å². The summed E-state index contributed by atoms with van der Waals surface area (Å²) in [7, 11) is -3.10. The topological polar surface area (TPSA) is 80.8 Å². The third kappa shape index (κ3) is 3.96. The summed E-state index contributed by atoms with van der Waals surface area (Å²) >= 11 is 0. The third-order valence-corrected chi connectivity index (χ3v) is 5.56. The fourth-order valence-electron chi connectivity index (χ4n) is 2.87. The first-order chi connectivity index (χ1) is 9.59. The average molecular weight is 317 g/mol. The summed E-state index contributed by atoms with van der Waals surface area (Å²) in [5.74, 6) is -1.14. The molecular weight excluding hydrogens is 294 g/mol. The molecule has 2 saturated heterocycles. The van der Waals surface area contributed by atoms with Gasteiger partial charge in [0.15, 0.2) is 9.84 Å². The van der Waals surface area contributed by atoms with Crippen LogP contribution < -0.4 is 0 Å². The summed E-state index contributed by atoms with van der Waals surface area (Å²) in [4.78, 5) is 26.2. The van der Waals surface area contributed by atoms with E-state index in [1.165, 1.54) is 4.90 Å². The van der Waals surface area contributed by atoms with Gasteiger partial charge in [-0.25, -0.2) is 13.2 Å². The van der Waals surface area contributed by atoms with Crippen LogP contribution in [0.25, 0.3) is 0 Å². The first kappa shape index (κ1) is 16.3.